The standard InChI is InChI=1S/C36H48N2O10/c1-6-37-16-33(17-48-31(42)19-9-7-8-10-22(19)38-25(39)13-18(2)30(38)41)12-11-24(46-4)35-21-14-20-23(45-3)15-34(43,26(21)27(20)40)36(44,32(35)37)29(47-5)28(33)35/h7-10,18,20-21,23-24,26-29,32,40,43-44H,6,11-17H2,1-5H3/t18-,20-,21+,23-,24-,26+,27-,28+,29-,32?,33-,34+,35-,36-/m0/s1. The molecule has 2 amide bonds. The van der Waals surface area contributed by atoms with Gasteiger partial charge in [-0.3, -0.25) is 14.5 Å². The monoisotopic (exact) mass is 668 g/mol. The van der Waals surface area contributed by atoms with Crippen molar-refractivity contribution in [2.24, 2.45) is 40.4 Å². The third-order valence-electron chi connectivity index (χ3n) is 14.3. The molecule has 7 aliphatic rings. The number of hydrogen-bond acceptors (Lipinski definition) is 11. The molecule has 262 valence electrons. The Morgan fingerprint density at radius 3 is 2.48 bits per heavy atom. The average Bonchev–Trinajstić information content (AvgIpc) is 3.56. The molecule has 48 heavy (non-hydrogen) atoms. The number of nitrogens with zero attached hydrogens (tertiary/aromatic N) is 2. The van der Waals surface area contributed by atoms with E-state index in [4.69, 9.17) is 18.9 Å². The van der Waals surface area contributed by atoms with Crippen LogP contribution in [-0.4, -0.2) is 121 Å². The summed E-state index contributed by atoms with van der Waals surface area (Å²) >= 11 is 0. The van der Waals surface area contributed by atoms with Gasteiger partial charge in [0, 0.05) is 75.2 Å². The first kappa shape index (κ1) is 32.7. The zero-order valence-electron chi connectivity index (χ0n) is 28.3. The van der Waals surface area contributed by atoms with E-state index in [1.807, 2.05) is 6.92 Å². The molecule has 1 spiro atoms. The lowest BCUT2D eigenvalue weighted by atomic mass is 9.42. The van der Waals surface area contributed by atoms with E-state index in [-0.39, 0.29) is 66.4 Å². The Hall–Kier alpha value is -2.45. The number of methoxy groups -OCH3 is 3. The molecule has 1 unspecified atom stereocenters. The van der Waals surface area contributed by atoms with Gasteiger partial charge in [0.1, 0.15) is 11.2 Å². The minimum absolute atomic E-state index is 0.00294. The molecule has 5 saturated carbocycles. The molecule has 3 N–H and O–H groups in total. The van der Waals surface area contributed by atoms with Crippen LogP contribution >= 0.6 is 0 Å². The van der Waals surface area contributed by atoms with Crippen LogP contribution in [0.1, 0.15) is 56.3 Å². The number of ether oxygens (including phenoxy) is 4. The van der Waals surface area contributed by atoms with E-state index in [1.54, 1.807) is 52.5 Å². The molecule has 7 fully saturated rings. The molecule has 12 heteroatoms. The number of benzene rings is 1. The third kappa shape index (κ3) is 3.62. The summed E-state index contributed by atoms with van der Waals surface area (Å²) in [5.74, 6) is -3.18. The van der Waals surface area contributed by atoms with Crippen LogP contribution in [-0.2, 0) is 28.5 Å². The SMILES string of the molecule is CCN1C[C@]2(COC(=O)c3ccccc3N3C(=O)C[C@H](C)C3=O)CC[C@H](OC)[C@]34C1[C@@](O)([C@@H](OC)[C@H]23)[C@@]1(O)C[C@H](OC)[C@@H]2C[C@@H]4[C@@H]1[C@H]2O. The maximum Gasteiger partial charge on any atom is 0.340 e. The molecule has 12 nitrogen and oxygen atoms in total. The molecule has 7 bridgehead atoms. The van der Waals surface area contributed by atoms with E-state index < -0.39 is 64.2 Å². The van der Waals surface area contributed by atoms with Gasteiger partial charge in [-0.2, -0.15) is 0 Å². The number of likely N-dealkylation sites (N-methyl/N-ethyl adjacent to an activating group) is 1. The maximum atomic E-state index is 14.0. The number of rotatable bonds is 8. The van der Waals surface area contributed by atoms with Crippen LogP contribution in [0.4, 0.5) is 5.69 Å². The molecule has 2 aliphatic heterocycles. The molecule has 2 heterocycles. The predicted molar refractivity (Wildman–Crippen MR) is 170 cm³/mol. The number of piperidine rings is 1. The van der Waals surface area contributed by atoms with Gasteiger partial charge in [-0.1, -0.05) is 26.0 Å². The van der Waals surface area contributed by atoms with Crippen LogP contribution in [0, 0.1) is 40.4 Å². The van der Waals surface area contributed by atoms with Crippen molar-refractivity contribution in [3.63, 3.8) is 0 Å². The second kappa shape index (κ2) is 10.8. The molecule has 8 rings (SSSR count). The number of likely N-dealkylation sites (tertiary alicyclic amines) is 1. The molecule has 1 aromatic carbocycles. The fraction of sp³-hybridized carbons (Fsp3) is 0.750. The number of carbonyl (C=O) groups excluding carboxylic acids is 3. The van der Waals surface area contributed by atoms with Crippen molar-refractivity contribution in [3.05, 3.63) is 29.8 Å². The van der Waals surface area contributed by atoms with Crippen molar-refractivity contribution < 1.29 is 48.7 Å². The molecule has 14 atom stereocenters. The third-order valence-corrected chi connectivity index (χ3v) is 14.3. The largest absolute Gasteiger partial charge is 0.461 e. The number of para-hydroxylation sites is 1. The van der Waals surface area contributed by atoms with Crippen LogP contribution in [0.5, 0.6) is 0 Å². The average molecular weight is 669 g/mol. The van der Waals surface area contributed by atoms with E-state index in [9.17, 15) is 29.7 Å². The van der Waals surface area contributed by atoms with Gasteiger partial charge in [0.25, 0.3) is 0 Å². The van der Waals surface area contributed by atoms with Crippen molar-refractivity contribution in [3.8, 4) is 0 Å². The van der Waals surface area contributed by atoms with E-state index in [1.165, 1.54) is 0 Å². The number of aliphatic hydroxyl groups excluding tert-OH is 1. The fourth-order valence-corrected chi connectivity index (χ4v) is 12.9. The zero-order valence-corrected chi connectivity index (χ0v) is 28.3. The van der Waals surface area contributed by atoms with E-state index in [0.717, 1.165) is 4.90 Å². The zero-order chi connectivity index (χ0) is 34.1. The van der Waals surface area contributed by atoms with Gasteiger partial charge < -0.3 is 34.3 Å². The molecule has 1 aromatic rings. The number of carbonyl (C=O) groups is 3. The number of imide groups is 1. The van der Waals surface area contributed by atoms with Gasteiger partial charge in [0.05, 0.1) is 48.3 Å². The van der Waals surface area contributed by atoms with Crippen LogP contribution in [0.2, 0.25) is 0 Å². The smallest absolute Gasteiger partial charge is 0.340 e. The van der Waals surface area contributed by atoms with E-state index >= 15 is 0 Å². The number of esters is 1. The quantitative estimate of drug-likeness (QED) is 0.272. The summed E-state index contributed by atoms with van der Waals surface area (Å²) < 4.78 is 24.8. The molecule has 0 aromatic heterocycles. The maximum absolute atomic E-state index is 14.0. The Kier molecular flexibility index (Phi) is 7.35. The highest BCUT2D eigenvalue weighted by Gasteiger charge is 2.91. The van der Waals surface area contributed by atoms with Gasteiger partial charge in [0.15, 0.2) is 0 Å². The minimum Gasteiger partial charge on any atom is -0.461 e. The summed E-state index contributed by atoms with van der Waals surface area (Å²) in [5.41, 5.74) is -4.53. The first-order valence-electron chi connectivity index (χ1n) is 17.5. The normalized spacial score (nSPS) is 48.7. The second-order valence-corrected chi connectivity index (χ2v) is 15.7. The summed E-state index contributed by atoms with van der Waals surface area (Å²) in [6.07, 6.45) is -0.287. The Morgan fingerprint density at radius 1 is 1.08 bits per heavy atom. The Morgan fingerprint density at radius 2 is 1.83 bits per heavy atom. The van der Waals surface area contributed by atoms with Crippen LogP contribution < -0.4 is 4.90 Å². The molecule has 2 saturated heterocycles. The van der Waals surface area contributed by atoms with Gasteiger partial charge in [0.2, 0.25) is 11.8 Å². The van der Waals surface area contributed by atoms with E-state index in [2.05, 4.69) is 4.90 Å². The van der Waals surface area contributed by atoms with Crippen LogP contribution in [0.15, 0.2) is 24.3 Å². The number of aliphatic hydroxyl groups is 3. The van der Waals surface area contributed by atoms with Crippen molar-refractivity contribution in [1.82, 2.24) is 4.90 Å². The number of amides is 2. The summed E-state index contributed by atoms with van der Waals surface area (Å²) in [7, 11) is 4.87. The molecular weight excluding hydrogens is 620 g/mol. The molecule has 5 aliphatic carbocycles. The highest BCUT2D eigenvalue weighted by molar-refractivity contribution is 6.22. The number of hydrogen-bond donors (Lipinski definition) is 3. The van der Waals surface area contributed by atoms with Crippen LogP contribution in [0.3, 0.4) is 0 Å². The fourth-order valence-electron chi connectivity index (χ4n) is 12.9. The lowest BCUT2D eigenvalue weighted by Gasteiger charge is -2.70. The number of anilines is 1. The minimum atomic E-state index is -1.77. The van der Waals surface area contributed by atoms with Crippen molar-refractivity contribution in [2.75, 3.05) is 45.9 Å². The van der Waals surface area contributed by atoms with Gasteiger partial charge >= 0.3 is 5.97 Å². The van der Waals surface area contributed by atoms with Gasteiger partial charge in [-0.15, -0.1) is 0 Å². The summed E-state index contributed by atoms with van der Waals surface area (Å²) in [6.45, 7) is 4.81. The highest BCUT2D eigenvalue weighted by atomic mass is 16.5. The Labute approximate surface area is 280 Å². The first-order valence-corrected chi connectivity index (χ1v) is 17.5. The lowest BCUT2D eigenvalue weighted by Crippen LogP contribution is -2.82. The number of fused-ring (bicyclic) bond motifs is 2. The molecular formula is C36H48N2O10. The van der Waals surface area contributed by atoms with E-state index in [0.29, 0.717) is 32.4 Å². The summed E-state index contributed by atoms with van der Waals surface area (Å²) in [6, 6.07) is 6.01. The Balaban J connectivity index is 1.23. The predicted octanol–water partition coefficient (Wildman–Crippen LogP) is 1.38. The van der Waals surface area contributed by atoms with Gasteiger partial charge in [-0.25, -0.2) is 9.69 Å². The second-order valence-electron chi connectivity index (χ2n) is 15.7. The Bertz CT molecular complexity index is 1540. The summed E-state index contributed by atoms with van der Waals surface area (Å²) in [4.78, 5) is 43.1. The van der Waals surface area contributed by atoms with Crippen molar-refractivity contribution in [1.29, 1.82) is 0 Å². The lowest BCUT2D eigenvalue weighted by molar-refractivity contribution is -0.318. The first-order chi connectivity index (χ1) is 22.9. The topological polar surface area (TPSA) is 155 Å². The summed E-state index contributed by atoms with van der Waals surface area (Å²) in [5, 5.41) is 38.0. The highest BCUT2D eigenvalue weighted by Crippen LogP contribution is 2.80. The molecule has 0 radical (unpaired) electrons. The van der Waals surface area contributed by atoms with Crippen molar-refractivity contribution in [2.45, 2.75) is 87.6 Å². The van der Waals surface area contributed by atoms with Gasteiger partial charge in [-0.05, 0) is 43.9 Å². The van der Waals surface area contributed by atoms with Crippen molar-refractivity contribution >= 4 is 23.5 Å². The van der Waals surface area contributed by atoms with Crippen LogP contribution in [0.25, 0.3) is 0 Å².